The highest BCUT2D eigenvalue weighted by molar-refractivity contribution is 14.1. The van der Waals surface area contributed by atoms with E-state index in [4.69, 9.17) is 0 Å². The van der Waals surface area contributed by atoms with E-state index in [1.165, 1.54) is 16.9 Å². The Morgan fingerprint density at radius 1 is 1.08 bits per heavy atom. The fourth-order valence-corrected chi connectivity index (χ4v) is 3.22. The van der Waals surface area contributed by atoms with Crippen LogP contribution in [0, 0.1) is 3.57 Å². The third-order valence-corrected chi connectivity index (χ3v) is 5.09. The van der Waals surface area contributed by atoms with Gasteiger partial charge < -0.3 is 5.32 Å². The fraction of sp³-hybridized carbons (Fsp3) is 0.133. The molecule has 0 heterocycles. The molecule has 0 aliphatic rings. The van der Waals surface area contributed by atoms with Crippen molar-refractivity contribution in [2.45, 2.75) is 11.1 Å². The molecular formula is C15H12F3IN2O3S. The maximum Gasteiger partial charge on any atom is 0.402 e. The Hall–Kier alpha value is -1.66. The van der Waals surface area contributed by atoms with E-state index in [1.54, 1.807) is 24.3 Å². The van der Waals surface area contributed by atoms with Crippen molar-refractivity contribution in [2.75, 3.05) is 11.9 Å². The summed E-state index contributed by atoms with van der Waals surface area (Å²) in [5.74, 6) is -0.575. The zero-order chi connectivity index (χ0) is 18.7. The van der Waals surface area contributed by atoms with Crippen LogP contribution in [0.3, 0.4) is 0 Å². The third-order valence-electron chi connectivity index (χ3n) is 2.97. The summed E-state index contributed by atoms with van der Waals surface area (Å²) >= 11 is 2.10. The number of carbonyl (C=O) groups excluding carboxylic acids is 1. The average molecular weight is 484 g/mol. The van der Waals surface area contributed by atoms with Crippen LogP contribution in [0.5, 0.6) is 0 Å². The third kappa shape index (κ3) is 5.97. The normalized spacial score (nSPS) is 12.0. The zero-order valence-electron chi connectivity index (χ0n) is 12.5. The van der Waals surface area contributed by atoms with Gasteiger partial charge in [0.25, 0.3) is 5.91 Å². The molecule has 0 aromatic heterocycles. The quantitative estimate of drug-likeness (QED) is 0.640. The molecule has 5 nitrogen and oxygen atoms in total. The molecule has 0 atom stereocenters. The summed E-state index contributed by atoms with van der Waals surface area (Å²) in [5.41, 5.74) is 0.516. The van der Waals surface area contributed by atoms with Crippen LogP contribution in [-0.2, 0) is 10.0 Å². The summed E-state index contributed by atoms with van der Waals surface area (Å²) < 4.78 is 62.8. The topological polar surface area (TPSA) is 75.3 Å². The van der Waals surface area contributed by atoms with E-state index in [0.29, 0.717) is 5.69 Å². The molecule has 0 fully saturated rings. The Morgan fingerprint density at radius 2 is 1.72 bits per heavy atom. The van der Waals surface area contributed by atoms with Gasteiger partial charge in [0.05, 0.1) is 4.90 Å². The minimum atomic E-state index is -4.67. The number of benzene rings is 2. The van der Waals surface area contributed by atoms with E-state index in [0.717, 1.165) is 15.7 Å². The lowest BCUT2D eigenvalue weighted by molar-refractivity contribution is -0.121. The van der Waals surface area contributed by atoms with Crippen LogP contribution in [0.1, 0.15) is 10.4 Å². The van der Waals surface area contributed by atoms with Crippen molar-refractivity contribution in [1.29, 1.82) is 0 Å². The second-order valence-corrected chi connectivity index (χ2v) is 7.94. The van der Waals surface area contributed by atoms with Crippen molar-refractivity contribution < 1.29 is 26.4 Å². The van der Waals surface area contributed by atoms with Crippen LogP contribution in [0.15, 0.2) is 53.4 Å². The molecule has 0 unspecified atom stereocenters. The van der Waals surface area contributed by atoms with Gasteiger partial charge in [-0.1, -0.05) is 6.07 Å². The lowest BCUT2D eigenvalue weighted by Gasteiger charge is -2.10. The van der Waals surface area contributed by atoms with Gasteiger partial charge in [-0.15, -0.1) is 0 Å². The minimum Gasteiger partial charge on any atom is -0.322 e. The Balaban J connectivity index is 2.17. The van der Waals surface area contributed by atoms with E-state index in [1.807, 2.05) is 0 Å². The molecule has 0 aliphatic carbocycles. The highest BCUT2D eigenvalue weighted by Gasteiger charge is 2.30. The Kier molecular flexibility index (Phi) is 6.06. The number of hydrogen-bond acceptors (Lipinski definition) is 3. The standard InChI is InChI=1S/C15H12F3IN2O3S/c16-15(17,18)9-20-25(23,24)13-3-1-2-10(8-13)14(22)21-12-6-4-11(19)5-7-12/h1-8,20H,9H2,(H,21,22). The number of anilines is 1. The lowest BCUT2D eigenvalue weighted by Crippen LogP contribution is -2.33. The van der Waals surface area contributed by atoms with E-state index in [2.05, 4.69) is 27.9 Å². The molecule has 2 aromatic rings. The van der Waals surface area contributed by atoms with Gasteiger partial charge in [0.15, 0.2) is 0 Å². The van der Waals surface area contributed by atoms with Gasteiger partial charge in [-0.3, -0.25) is 4.79 Å². The number of alkyl halides is 3. The monoisotopic (exact) mass is 484 g/mol. The number of rotatable bonds is 5. The van der Waals surface area contributed by atoms with Gasteiger partial charge >= 0.3 is 6.18 Å². The maximum absolute atomic E-state index is 12.2. The SMILES string of the molecule is O=C(Nc1ccc(I)cc1)c1cccc(S(=O)(=O)NCC(F)(F)F)c1. The predicted molar refractivity (Wildman–Crippen MR) is 94.8 cm³/mol. The van der Waals surface area contributed by atoms with Gasteiger partial charge in [0.1, 0.15) is 6.54 Å². The summed E-state index contributed by atoms with van der Waals surface area (Å²) in [5, 5.41) is 2.58. The summed E-state index contributed by atoms with van der Waals surface area (Å²) in [6.07, 6.45) is -4.67. The summed E-state index contributed by atoms with van der Waals surface area (Å²) in [4.78, 5) is 11.8. The molecule has 0 spiro atoms. The van der Waals surface area contributed by atoms with Gasteiger partial charge in [-0.25, -0.2) is 13.1 Å². The summed E-state index contributed by atoms with van der Waals surface area (Å²) in [6.45, 7) is -1.69. The van der Waals surface area contributed by atoms with E-state index in [-0.39, 0.29) is 5.56 Å². The molecule has 0 saturated carbocycles. The molecule has 10 heteroatoms. The number of amides is 1. The zero-order valence-corrected chi connectivity index (χ0v) is 15.4. The first-order valence-electron chi connectivity index (χ1n) is 6.80. The number of nitrogens with one attached hydrogen (secondary N) is 2. The van der Waals surface area contributed by atoms with Crippen LogP contribution < -0.4 is 10.0 Å². The van der Waals surface area contributed by atoms with Crippen molar-refractivity contribution in [3.05, 3.63) is 57.7 Å². The van der Waals surface area contributed by atoms with Crippen molar-refractivity contribution in [1.82, 2.24) is 4.72 Å². The molecule has 134 valence electrons. The lowest BCUT2D eigenvalue weighted by atomic mass is 10.2. The van der Waals surface area contributed by atoms with Crippen molar-refractivity contribution in [3.8, 4) is 0 Å². The second kappa shape index (κ2) is 7.70. The largest absolute Gasteiger partial charge is 0.402 e. The molecule has 0 aliphatic heterocycles. The van der Waals surface area contributed by atoms with E-state index < -0.39 is 33.5 Å². The van der Waals surface area contributed by atoms with Gasteiger partial charge in [0.2, 0.25) is 10.0 Å². The molecule has 2 N–H and O–H groups in total. The van der Waals surface area contributed by atoms with Crippen LogP contribution in [0.4, 0.5) is 18.9 Å². The fourth-order valence-electron chi connectivity index (χ4n) is 1.80. The number of hydrogen-bond donors (Lipinski definition) is 2. The Bertz CT molecular complexity index is 868. The Labute approximate surface area is 155 Å². The number of halogens is 4. The average Bonchev–Trinajstić information content (AvgIpc) is 2.55. The first kappa shape index (κ1) is 19.7. The highest BCUT2D eigenvalue weighted by Crippen LogP contribution is 2.17. The minimum absolute atomic E-state index is 0.00781. The van der Waals surface area contributed by atoms with Crippen LogP contribution in [0.2, 0.25) is 0 Å². The highest BCUT2D eigenvalue weighted by atomic mass is 127. The molecule has 0 radical (unpaired) electrons. The van der Waals surface area contributed by atoms with Gasteiger partial charge in [-0.05, 0) is 65.1 Å². The Morgan fingerprint density at radius 3 is 2.32 bits per heavy atom. The molecule has 25 heavy (non-hydrogen) atoms. The van der Waals surface area contributed by atoms with Crippen molar-refractivity contribution in [3.63, 3.8) is 0 Å². The molecule has 1 amide bonds. The van der Waals surface area contributed by atoms with Crippen LogP contribution in [-0.4, -0.2) is 27.0 Å². The number of sulfonamides is 1. The molecule has 2 rings (SSSR count). The van der Waals surface area contributed by atoms with Crippen molar-refractivity contribution >= 4 is 44.2 Å². The van der Waals surface area contributed by atoms with Gasteiger partial charge in [0, 0.05) is 14.8 Å². The molecule has 0 saturated heterocycles. The molecule has 2 aromatic carbocycles. The van der Waals surface area contributed by atoms with Crippen molar-refractivity contribution in [2.24, 2.45) is 0 Å². The predicted octanol–water partition coefficient (Wildman–Crippen LogP) is 3.38. The van der Waals surface area contributed by atoms with E-state index in [9.17, 15) is 26.4 Å². The smallest absolute Gasteiger partial charge is 0.322 e. The first-order valence-corrected chi connectivity index (χ1v) is 9.36. The van der Waals surface area contributed by atoms with Crippen LogP contribution in [0.25, 0.3) is 0 Å². The number of carbonyl (C=O) groups is 1. The summed E-state index contributed by atoms with van der Waals surface area (Å²) in [6, 6.07) is 11.7. The molecule has 0 bridgehead atoms. The first-order chi connectivity index (χ1) is 11.6. The molecular weight excluding hydrogens is 472 g/mol. The van der Waals surface area contributed by atoms with E-state index >= 15 is 0 Å². The van der Waals surface area contributed by atoms with Crippen LogP contribution >= 0.6 is 22.6 Å². The second-order valence-electron chi connectivity index (χ2n) is 4.93. The summed E-state index contributed by atoms with van der Waals surface area (Å²) in [7, 11) is -4.38. The maximum atomic E-state index is 12.2. The van der Waals surface area contributed by atoms with Gasteiger partial charge in [-0.2, -0.15) is 13.2 Å².